The molecule has 2 atom stereocenters. The van der Waals surface area contributed by atoms with Gasteiger partial charge in [-0.25, -0.2) is 0 Å². The molecule has 4 rings (SSSR count). The normalized spacial score (nSPS) is 22.9. The molecule has 0 radical (unpaired) electrons. The minimum atomic E-state index is 0.759. The minimum Gasteiger partial charge on any atom is -0.161 e. The van der Waals surface area contributed by atoms with Gasteiger partial charge in [0.1, 0.15) is 0 Å². The van der Waals surface area contributed by atoms with Crippen LogP contribution in [0.2, 0.25) is 0 Å². The van der Waals surface area contributed by atoms with Gasteiger partial charge in [0, 0.05) is 37.1 Å². The van der Waals surface area contributed by atoms with Crippen molar-refractivity contribution in [2.75, 3.05) is 0 Å². The number of benzene rings is 2. The lowest BCUT2D eigenvalue weighted by atomic mass is 10.0. The highest BCUT2D eigenvalue weighted by atomic mass is 15.1. The molecule has 1 nitrogen and oxygen atoms in total. The van der Waals surface area contributed by atoms with Crippen LogP contribution in [0.4, 0.5) is 11.4 Å². The van der Waals surface area contributed by atoms with Gasteiger partial charge in [-0.1, -0.05) is 62.1 Å². The van der Waals surface area contributed by atoms with Crippen molar-refractivity contribution in [1.29, 1.82) is 0 Å². The molecule has 0 N–H and O–H groups in total. The Hall–Kier alpha value is -2.33. The second kappa shape index (κ2) is 9.74. The van der Waals surface area contributed by atoms with Crippen molar-refractivity contribution in [3.05, 3.63) is 60.7 Å². The minimum absolute atomic E-state index is 0.759. The average Bonchev–Trinajstić information content (AvgIpc) is 3.42. The molecule has 2 aromatic rings. The van der Waals surface area contributed by atoms with E-state index in [4.69, 9.17) is 0 Å². The molecule has 1 fully saturated rings. The van der Waals surface area contributed by atoms with E-state index >= 15 is 0 Å². The summed E-state index contributed by atoms with van der Waals surface area (Å²) in [6.07, 6.45) is 12.7. The van der Waals surface area contributed by atoms with Gasteiger partial charge >= 0.3 is 0 Å². The maximum atomic E-state index is 3.37. The number of para-hydroxylation sites is 2. The highest BCUT2D eigenvalue weighted by molar-refractivity contribution is 6.07. The molecule has 2 aliphatic carbocycles. The third kappa shape index (κ3) is 4.74. The zero-order chi connectivity index (χ0) is 19.0. The topological polar surface area (TPSA) is 3.01 Å². The number of hydrogen-bond donors (Lipinski definition) is 0. The Kier molecular flexibility index (Phi) is 6.61. The molecule has 144 valence electrons. The van der Waals surface area contributed by atoms with E-state index in [0.717, 1.165) is 24.7 Å². The molecule has 0 saturated heterocycles. The van der Waals surface area contributed by atoms with Crippen LogP contribution in [0.1, 0.15) is 64.2 Å². The highest BCUT2D eigenvalue weighted by Crippen LogP contribution is 2.45. The fraction of sp³-hybridized carbons (Fsp3) is 0.444. The molecule has 2 aliphatic rings. The van der Waals surface area contributed by atoms with Gasteiger partial charge in [-0.3, -0.25) is 0 Å². The SMILES string of the molecule is C1#CCCCCCC2C(=[N+](c3ccccc3)c3ccccc3)C2CCCCC1. The molecule has 0 amide bonds. The number of nitrogens with zero attached hydrogens (tertiary/aromatic N) is 1. The fourth-order valence-electron chi connectivity index (χ4n) is 4.68. The summed E-state index contributed by atoms with van der Waals surface area (Å²) in [5.41, 5.74) is 4.27. The summed E-state index contributed by atoms with van der Waals surface area (Å²) in [6, 6.07) is 21.9. The summed E-state index contributed by atoms with van der Waals surface area (Å²) in [4.78, 5) is 0. The molecular weight excluding hydrogens is 338 g/mol. The second-order valence-electron chi connectivity index (χ2n) is 8.20. The van der Waals surface area contributed by atoms with Crippen molar-refractivity contribution in [2.45, 2.75) is 64.2 Å². The maximum Gasteiger partial charge on any atom is 0.211 e. The summed E-state index contributed by atoms with van der Waals surface area (Å²) in [5, 5.41) is 0. The van der Waals surface area contributed by atoms with Gasteiger partial charge in [0.25, 0.3) is 0 Å². The Morgan fingerprint density at radius 3 is 1.50 bits per heavy atom. The highest BCUT2D eigenvalue weighted by Gasteiger charge is 2.53. The summed E-state index contributed by atoms with van der Waals surface area (Å²) in [6.45, 7) is 0. The first kappa shape index (κ1) is 19.0. The van der Waals surface area contributed by atoms with Crippen molar-refractivity contribution >= 4 is 17.1 Å². The maximum absolute atomic E-state index is 3.37. The molecule has 2 unspecified atom stereocenters. The molecule has 2 aromatic carbocycles. The van der Waals surface area contributed by atoms with Crippen molar-refractivity contribution < 1.29 is 0 Å². The number of rotatable bonds is 2. The molecule has 0 aromatic heterocycles. The van der Waals surface area contributed by atoms with Crippen LogP contribution < -0.4 is 4.58 Å². The molecule has 0 heterocycles. The largest absolute Gasteiger partial charge is 0.211 e. The van der Waals surface area contributed by atoms with Gasteiger partial charge in [0.2, 0.25) is 11.4 Å². The Bertz CT molecular complexity index is 771. The quantitative estimate of drug-likeness (QED) is 0.391. The first-order chi connectivity index (χ1) is 13.9. The third-order valence-electron chi connectivity index (χ3n) is 6.18. The van der Waals surface area contributed by atoms with Crippen LogP contribution >= 0.6 is 0 Å². The van der Waals surface area contributed by atoms with Crippen LogP contribution in [0.15, 0.2) is 60.7 Å². The van der Waals surface area contributed by atoms with Crippen molar-refractivity contribution in [1.82, 2.24) is 4.58 Å². The molecule has 1 saturated carbocycles. The first-order valence-electron chi connectivity index (χ1n) is 11.2. The smallest absolute Gasteiger partial charge is 0.161 e. The van der Waals surface area contributed by atoms with Crippen LogP contribution in [0, 0.1) is 23.7 Å². The monoisotopic (exact) mass is 370 g/mol. The molecule has 0 spiro atoms. The molecule has 28 heavy (non-hydrogen) atoms. The van der Waals surface area contributed by atoms with Crippen LogP contribution in [-0.4, -0.2) is 5.71 Å². The summed E-state index contributed by atoms with van der Waals surface area (Å²) < 4.78 is 2.55. The summed E-state index contributed by atoms with van der Waals surface area (Å²) in [7, 11) is 0. The number of fused-ring (bicyclic) bond motifs is 1. The van der Waals surface area contributed by atoms with Crippen LogP contribution in [0.3, 0.4) is 0 Å². The first-order valence-corrected chi connectivity index (χ1v) is 11.2. The van der Waals surface area contributed by atoms with Crippen molar-refractivity contribution in [2.24, 2.45) is 11.8 Å². The van der Waals surface area contributed by atoms with E-state index in [1.54, 1.807) is 5.71 Å². The van der Waals surface area contributed by atoms with E-state index in [1.165, 1.54) is 62.7 Å². The van der Waals surface area contributed by atoms with Crippen LogP contribution in [0.5, 0.6) is 0 Å². The van der Waals surface area contributed by atoms with Gasteiger partial charge in [-0.15, -0.1) is 11.8 Å². The number of hydrogen-bond acceptors (Lipinski definition) is 0. The molecular formula is C27H32N+. The summed E-state index contributed by atoms with van der Waals surface area (Å²) >= 11 is 0. The molecule has 1 heteroatoms. The van der Waals surface area contributed by atoms with E-state index in [2.05, 4.69) is 77.1 Å². The van der Waals surface area contributed by atoms with Gasteiger partial charge in [-0.2, -0.15) is 4.58 Å². The Morgan fingerprint density at radius 2 is 1.04 bits per heavy atom. The fourth-order valence-corrected chi connectivity index (χ4v) is 4.68. The van der Waals surface area contributed by atoms with Gasteiger partial charge in [-0.05, 0) is 25.7 Å². The zero-order valence-electron chi connectivity index (χ0n) is 16.9. The molecule has 0 aliphatic heterocycles. The van der Waals surface area contributed by atoms with E-state index in [0.29, 0.717) is 0 Å². The average molecular weight is 371 g/mol. The third-order valence-corrected chi connectivity index (χ3v) is 6.18. The van der Waals surface area contributed by atoms with Crippen molar-refractivity contribution in [3.63, 3.8) is 0 Å². The zero-order valence-corrected chi connectivity index (χ0v) is 16.9. The lowest BCUT2D eigenvalue weighted by Crippen LogP contribution is -2.08. The van der Waals surface area contributed by atoms with Crippen molar-refractivity contribution in [3.8, 4) is 11.8 Å². The van der Waals surface area contributed by atoms with E-state index in [9.17, 15) is 0 Å². The van der Waals surface area contributed by atoms with E-state index in [1.807, 2.05) is 0 Å². The predicted molar refractivity (Wildman–Crippen MR) is 120 cm³/mol. The van der Waals surface area contributed by atoms with E-state index in [-0.39, 0.29) is 0 Å². The van der Waals surface area contributed by atoms with Gasteiger partial charge < -0.3 is 0 Å². The lowest BCUT2D eigenvalue weighted by molar-refractivity contribution is 0.532. The predicted octanol–water partition coefficient (Wildman–Crippen LogP) is 7.13. The summed E-state index contributed by atoms with van der Waals surface area (Å²) in [5.74, 6) is 8.25. The standard InChI is InChI=1S/C27H32N/c1-2-4-6-8-16-22-26-25(21-15-7-5-3-1)27(26)28(23-17-11-9-12-18-23)24-19-13-10-14-20-24/h9-14,17-20,25-26H,3-8,15-16,21-22H2/q+1. The van der Waals surface area contributed by atoms with Gasteiger partial charge in [0.05, 0.1) is 11.8 Å². The Balaban J connectivity index is 1.62. The van der Waals surface area contributed by atoms with Crippen LogP contribution in [0.25, 0.3) is 0 Å². The van der Waals surface area contributed by atoms with Gasteiger partial charge in [0.15, 0.2) is 5.71 Å². The van der Waals surface area contributed by atoms with E-state index < -0.39 is 0 Å². The Labute approximate surface area is 170 Å². The van der Waals surface area contributed by atoms with Crippen LogP contribution in [-0.2, 0) is 0 Å². The second-order valence-corrected chi connectivity index (χ2v) is 8.20. The molecule has 0 bridgehead atoms. The Morgan fingerprint density at radius 1 is 0.571 bits per heavy atom. The lowest BCUT2D eigenvalue weighted by Gasteiger charge is -2.02.